The summed E-state index contributed by atoms with van der Waals surface area (Å²) in [5.74, 6) is 0.590. The first-order valence-corrected chi connectivity index (χ1v) is 5.64. The van der Waals surface area contributed by atoms with Gasteiger partial charge in [0.25, 0.3) is 0 Å². The maximum atomic E-state index is 5.88. The van der Waals surface area contributed by atoms with Crippen LogP contribution in [0.1, 0.15) is 27.2 Å². The van der Waals surface area contributed by atoms with Gasteiger partial charge in [0, 0.05) is 22.6 Å². The summed E-state index contributed by atoms with van der Waals surface area (Å²) >= 11 is 5.88. The number of hydrogen-bond donors (Lipinski definition) is 0. The van der Waals surface area contributed by atoms with Gasteiger partial charge in [-0.3, -0.25) is 0 Å². The predicted molar refractivity (Wildman–Crippen MR) is 67.3 cm³/mol. The first-order chi connectivity index (χ1) is 7.04. The molecule has 15 heavy (non-hydrogen) atoms. The predicted octanol–water partition coefficient (Wildman–Crippen LogP) is 4.40. The molecule has 1 aliphatic heterocycles. The zero-order valence-electron chi connectivity index (χ0n) is 9.63. The average Bonchev–Trinajstić information content (AvgIpc) is 2.17. The summed E-state index contributed by atoms with van der Waals surface area (Å²) in [6.45, 7) is 10.5. The fourth-order valence-corrected chi connectivity index (χ4v) is 1.65. The highest BCUT2D eigenvalue weighted by Gasteiger charge is 2.09. The molecule has 1 aliphatic rings. The first kappa shape index (κ1) is 12.1. The molecule has 0 aliphatic carbocycles. The average molecular weight is 224 g/mol. The van der Waals surface area contributed by atoms with Gasteiger partial charge < -0.3 is 4.90 Å². The van der Waals surface area contributed by atoms with E-state index in [-0.39, 0.29) is 0 Å². The largest absolute Gasteiger partial charge is 0.322 e. The van der Waals surface area contributed by atoms with Crippen molar-refractivity contribution in [2.24, 2.45) is 5.92 Å². The molecule has 82 valence electrons. The molecule has 1 atom stereocenters. The van der Waals surface area contributed by atoms with Gasteiger partial charge in [0.2, 0.25) is 0 Å². The second-order valence-corrected chi connectivity index (χ2v) is 4.34. The zero-order valence-corrected chi connectivity index (χ0v) is 10.4. The van der Waals surface area contributed by atoms with Gasteiger partial charge in [0.05, 0.1) is 0 Å². The van der Waals surface area contributed by atoms with Crippen molar-refractivity contribution in [3.05, 3.63) is 47.4 Å². The summed E-state index contributed by atoms with van der Waals surface area (Å²) in [6, 6.07) is 0. The van der Waals surface area contributed by atoms with Crippen molar-refractivity contribution >= 4 is 11.6 Å². The van der Waals surface area contributed by atoms with Gasteiger partial charge in [-0.2, -0.15) is 0 Å². The number of halogens is 1. The molecule has 1 rings (SSSR count). The molecule has 0 radical (unpaired) electrons. The molecule has 2 heteroatoms. The third kappa shape index (κ3) is 3.28. The van der Waals surface area contributed by atoms with Gasteiger partial charge in [-0.25, -0.2) is 0 Å². The zero-order chi connectivity index (χ0) is 11.4. The quantitative estimate of drug-likeness (QED) is 0.686. The Kier molecular flexibility index (Phi) is 4.22. The van der Waals surface area contributed by atoms with E-state index in [1.165, 1.54) is 5.70 Å². The third-order valence-electron chi connectivity index (χ3n) is 2.55. The lowest BCUT2D eigenvalue weighted by Gasteiger charge is -2.25. The van der Waals surface area contributed by atoms with Crippen LogP contribution in [0.15, 0.2) is 47.4 Å². The number of nitrogens with zero attached hydrogens (tertiary/aromatic N) is 1. The lowest BCUT2D eigenvalue weighted by atomic mass is 10.1. The second kappa shape index (κ2) is 5.22. The molecule has 0 amide bonds. The van der Waals surface area contributed by atoms with Crippen molar-refractivity contribution in [3.63, 3.8) is 0 Å². The van der Waals surface area contributed by atoms with Crippen molar-refractivity contribution < 1.29 is 0 Å². The summed E-state index contributed by atoms with van der Waals surface area (Å²) < 4.78 is 0. The third-order valence-corrected chi connectivity index (χ3v) is 2.78. The number of allylic oxidation sites excluding steroid dienone is 5. The molecule has 1 nitrogen and oxygen atoms in total. The van der Waals surface area contributed by atoms with Gasteiger partial charge >= 0.3 is 0 Å². The van der Waals surface area contributed by atoms with E-state index in [2.05, 4.69) is 38.3 Å². The smallest absolute Gasteiger partial charge is 0.0441 e. The number of hydrogen-bond acceptors (Lipinski definition) is 1. The van der Waals surface area contributed by atoms with E-state index in [4.69, 9.17) is 11.6 Å². The lowest BCUT2D eigenvalue weighted by molar-refractivity contribution is 0.570. The minimum atomic E-state index is 0.590. The fourth-order valence-electron chi connectivity index (χ4n) is 1.47. The summed E-state index contributed by atoms with van der Waals surface area (Å²) in [5.41, 5.74) is 2.12. The molecule has 0 saturated heterocycles. The summed E-state index contributed by atoms with van der Waals surface area (Å²) in [7, 11) is 0. The highest BCUT2D eigenvalue weighted by Crippen LogP contribution is 2.23. The van der Waals surface area contributed by atoms with Gasteiger partial charge in [-0.05, 0) is 25.0 Å². The molecule has 0 aromatic carbocycles. The SMILES string of the molecule is C=C1C=C(Cl)C=CN1C(C)=CC(C)CC. The minimum absolute atomic E-state index is 0.590. The van der Waals surface area contributed by atoms with Gasteiger partial charge in [-0.1, -0.05) is 44.5 Å². The van der Waals surface area contributed by atoms with Crippen LogP contribution < -0.4 is 0 Å². The van der Waals surface area contributed by atoms with Gasteiger partial charge in [-0.15, -0.1) is 0 Å². The van der Waals surface area contributed by atoms with E-state index < -0.39 is 0 Å². The van der Waals surface area contributed by atoms with Crippen LogP contribution in [0.3, 0.4) is 0 Å². The van der Waals surface area contributed by atoms with Crippen LogP contribution in [0.5, 0.6) is 0 Å². The highest BCUT2D eigenvalue weighted by atomic mass is 35.5. The Hall–Kier alpha value is -0.950. The Labute approximate surface area is 97.4 Å². The first-order valence-electron chi connectivity index (χ1n) is 5.26. The monoisotopic (exact) mass is 223 g/mol. The standard InChI is InChI=1S/C13H18ClN/c1-5-10(2)8-11(3)15-7-6-13(14)9-12(15)4/h6-10H,4-5H2,1-3H3. The van der Waals surface area contributed by atoms with E-state index in [1.54, 1.807) is 0 Å². The van der Waals surface area contributed by atoms with Crippen LogP contribution in [0.2, 0.25) is 0 Å². The molecule has 0 fully saturated rings. The molecule has 0 aromatic heterocycles. The van der Waals surface area contributed by atoms with Crippen molar-refractivity contribution in [3.8, 4) is 0 Å². The molecule has 1 unspecified atom stereocenters. The molecule has 0 aromatic rings. The van der Waals surface area contributed by atoms with Crippen LogP contribution in [-0.2, 0) is 0 Å². The normalized spacial score (nSPS) is 19.2. The topological polar surface area (TPSA) is 3.24 Å². The van der Waals surface area contributed by atoms with Crippen molar-refractivity contribution in [1.29, 1.82) is 0 Å². The van der Waals surface area contributed by atoms with Crippen LogP contribution in [0.4, 0.5) is 0 Å². The Morgan fingerprint density at radius 2 is 2.33 bits per heavy atom. The van der Waals surface area contributed by atoms with Gasteiger partial charge in [0.1, 0.15) is 0 Å². The van der Waals surface area contributed by atoms with E-state index in [1.807, 2.05) is 18.4 Å². The Balaban J connectivity index is 2.79. The Bertz CT molecular complexity index is 336. The van der Waals surface area contributed by atoms with Gasteiger partial charge in [0.15, 0.2) is 0 Å². The molecule has 0 saturated carbocycles. The molecule has 0 spiro atoms. The summed E-state index contributed by atoms with van der Waals surface area (Å²) in [4.78, 5) is 2.05. The number of rotatable bonds is 3. The molecular formula is C13H18ClN. The summed E-state index contributed by atoms with van der Waals surface area (Å²) in [6.07, 6.45) is 9.11. The van der Waals surface area contributed by atoms with E-state index in [0.29, 0.717) is 5.92 Å². The van der Waals surface area contributed by atoms with Crippen molar-refractivity contribution in [1.82, 2.24) is 4.90 Å². The van der Waals surface area contributed by atoms with E-state index in [0.717, 1.165) is 17.2 Å². The summed E-state index contributed by atoms with van der Waals surface area (Å²) in [5, 5.41) is 0.729. The van der Waals surface area contributed by atoms with Crippen LogP contribution in [0, 0.1) is 5.92 Å². The molecule has 1 heterocycles. The molecule has 0 N–H and O–H groups in total. The lowest BCUT2D eigenvalue weighted by Crippen LogP contribution is -2.15. The maximum absolute atomic E-state index is 5.88. The van der Waals surface area contributed by atoms with Crippen molar-refractivity contribution in [2.75, 3.05) is 0 Å². The minimum Gasteiger partial charge on any atom is -0.322 e. The Morgan fingerprint density at radius 3 is 2.87 bits per heavy atom. The van der Waals surface area contributed by atoms with Crippen LogP contribution in [-0.4, -0.2) is 4.90 Å². The van der Waals surface area contributed by atoms with Crippen LogP contribution in [0.25, 0.3) is 0 Å². The van der Waals surface area contributed by atoms with E-state index >= 15 is 0 Å². The Morgan fingerprint density at radius 1 is 1.67 bits per heavy atom. The second-order valence-electron chi connectivity index (χ2n) is 3.90. The van der Waals surface area contributed by atoms with Crippen molar-refractivity contribution in [2.45, 2.75) is 27.2 Å². The molecular weight excluding hydrogens is 206 g/mol. The molecule has 0 bridgehead atoms. The maximum Gasteiger partial charge on any atom is 0.0441 e. The van der Waals surface area contributed by atoms with Crippen LogP contribution >= 0.6 is 11.6 Å². The van der Waals surface area contributed by atoms with E-state index in [9.17, 15) is 0 Å². The fraction of sp³-hybridized carbons (Fsp3) is 0.385. The highest BCUT2D eigenvalue weighted by molar-refractivity contribution is 6.31.